The minimum Gasteiger partial charge on any atom is -0.507 e. The summed E-state index contributed by atoms with van der Waals surface area (Å²) in [5.41, 5.74) is 1.21. The molecule has 0 saturated carbocycles. The lowest BCUT2D eigenvalue weighted by molar-refractivity contribution is -0.384. The van der Waals surface area contributed by atoms with E-state index < -0.39 is 22.7 Å². The highest BCUT2D eigenvalue weighted by Crippen LogP contribution is 2.40. The van der Waals surface area contributed by atoms with Gasteiger partial charge < -0.3 is 19.5 Å². The predicted octanol–water partition coefficient (Wildman–Crippen LogP) is 2.67. The first kappa shape index (κ1) is 24.4. The number of Topliss-reactive ketones (excluding diaryl/α,β-unsaturated/α-hetero) is 1. The number of ether oxygens (including phenoxy) is 2. The van der Waals surface area contributed by atoms with E-state index in [2.05, 4.69) is 4.90 Å². The molecule has 1 amide bonds. The standard InChI is InChI=1S/C25H27N3O7/c1-16-14-18(6-7-20(16)34-2)23(29)21-22(17-4-3-5-19(15-17)28(32)33)27(25(31)24(21)30)9-8-26-10-12-35-13-11-26/h3-7,14-15,22,29H,8-13H2,1-2H3/b23-21+/t22-/m1/s1. The van der Waals surface area contributed by atoms with Crippen LogP contribution in [0.3, 0.4) is 0 Å². The number of non-ortho nitro benzene ring substituents is 1. The Kier molecular flexibility index (Phi) is 7.13. The normalized spacial score (nSPS) is 20.3. The summed E-state index contributed by atoms with van der Waals surface area (Å²) in [6, 6.07) is 9.79. The van der Waals surface area contributed by atoms with Gasteiger partial charge in [0.1, 0.15) is 11.5 Å². The number of nitro groups is 1. The zero-order chi connectivity index (χ0) is 25.1. The highest BCUT2D eigenvalue weighted by Gasteiger charge is 2.46. The number of carbonyl (C=O) groups excluding carboxylic acids is 2. The predicted molar refractivity (Wildman–Crippen MR) is 127 cm³/mol. The van der Waals surface area contributed by atoms with Crippen molar-refractivity contribution in [2.24, 2.45) is 0 Å². The number of methoxy groups -OCH3 is 1. The Labute approximate surface area is 202 Å². The lowest BCUT2D eigenvalue weighted by Crippen LogP contribution is -2.42. The Balaban J connectivity index is 1.78. The summed E-state index contributed by atoms with van der Waals surface area (Å²) in [5.74, 6) is -1.29. The molecule has 0 bridgehead atoms. The Morgan fingerprint density at radius 2 is 1.91 bits per heavy atom. The molecule has 0 unspecified atom stereocenters. The van der Waals surface area contributed by atoms with Gasteiger partial charge in [0.05, 0.1) is 36.9 Å². The molecular weight excluding hydrogens is 454 g/mol. The number of aryl methyl sites for hydroxylation is 1. The smallest absolute Gasteiger partial charge is 0.295 e. The summed E-state index contributed by atoms with van der Waals surface area (Å²) in [5, 5.41) is 22.6. The van der Waals surface area contributed by atoms with E-state index in [1.165, 1.54) is 30.2 Å². The van der Waals surface area contributed by atoms with Gasteiger partial charge in [0.25, 0.3) is 17.4 Å². The monoisotopic (exact) mass is 481 g/mol. The number of benzene rings is 2. The van der Waals surface area contributed by atoms with Crippen LogP contribution >= 0.6 is 0 Å². The molecule has 4 rings (SSSR count). The van der Waals surface area contributed by atoms with Crippen molar-refractivity contribution < 1.29 is 29.1 Å². The Morgan fingerprint density at radius 3 is 2.57 bits per heavy atom. The van der Waals surface area contributed by atoms with Crippen molar-refractivity contribution in [3.8, 4) is 5.75 Å². The molecule has 2 fully saturated rings. The lowest BCUT2D eigenvalue weighted by Gasteiger charge is -2.31. The van der Waals surface area contributed by atoms with Gasteiger partial charge in [-0.15, -0.1) is 0 Å². The van der Waals surface area contributed by atoms with Crippen LogP contribution in [0, 0.1) is 17.0 Å². The van der Waals surface area contributed by atoms with Crippen molar-refractivity contribution in [2.75, 3.05) is 46.5 Å². The number of likely N-dealkylation sites (tertiary alicyclic amines) is 1. The molecule has 2 aliphatic rings. The van der Waals surface area contributed by atoms with Gasteiger partial charge in [0.2, 0.25) is 0 Å². The van der Waals surface area contributed by atoms with E-state index in [9.17, 15) is 24.8 Å². The molecule has 184 valence electrons. The molecule has 0 radical (unpaired) electrons. The van der Waals surface area contributed by atoms with Crippen molar-refractivity contribution >= 4 is 23.1 Å². The van der Waals surface area contributed by atoms with Crippen LogP contribution in [0.5, 0.6) is 5.75 Å². The zero-order valence-corrected chi connectivity index (χ0v) is 19.6. The summed E-state index contributed by atoms with van der Waals surface area (Å²) < 4.78 is 10.6. The molecule has 2 aromatic rings. The molecule has 0 aliphatic carbocycles. The number of hydrogen-bond donors (Lipinski definition) is 1. The minimum absolute atomic E-state index is 0.0953. The second kappa shape index (κ2) is 10.2. The van der Waals surface area contributed by atoms with Gasteiger partial charge in [-0.3, -0.25) is 24.6 Å². The Morgan fingerprint density at radius 1 is 1.17 bits per heavy atom. The average molecular weight is 482 g/mol. The molecule has 2 aromatic carbocycles. The minimum atomic E-state index is -0.960. The Bertz CT molecular complexity index is 1190. The molecule has 35 heavy (non-hydrogen) atoms. The zero-order valence-electron chi connectivity index (χ0n) is 19.6. The van der Waals surface area contributed by atoms with Crippen LogP contribution in [0.4, 0.5) is 5.69 Å². The molecule has 0 spiro atoms. The second-order valence-electron chi connectivity index (χ2n) is 8.48. The van der Waals surface area contributed by atoms with Crippen LogP contribution in [0.25, 0.3) is 5.76 Å². The number of ketones is 1. The van der Waals surface area contributed by atoms with Crippen LogP contribution in [0.15, 0.2) is 48.0 Å². The van der Waals surface area contributed by atoms with Crippen LogP contribution in [-0.4, -0.2) is 78.0 Å². The summed E-state index contributed by atoms with van der Waals surface area (Å²) in [6.45, 7) is 5.11. The van der Waals surface area contributed by atoms with Gasteiger partial charge in [-0.2, -0.15) is 0 Å². The third-order valence-electron chi connectivity index (χ3n) is 6.37. The average Bonchev–Trinajstić information content (AvgIpc) is 3.12. The molecule has 1 atom stereocenters. The lowest BCUT2D eigenvalue weighted by atomic mass is 9.94. The molecule has 2 aliphatic heterocycles. The third kappa shape index (κ3) is 4.89. The summed E-state index contributed by atoms with van der Waals surface area (Å²) in [7, 11) is 1.53. The first-order valence-electron chi connectivity index (χ1n) is 11.3. The van der Waals surface area contributed by atoms with Crippen molar-refractivity contribution in [3.63, 3.8) is 0 Å². The highest BCUT2D eigenvalue weighted by molar-refractivity contribution is 6.46. The molecule has 0 aromatic heterocycles. The fourth-order valence-corrected chi connectivity index (χ4v) is 4.52. The van der Waals surface area contributed by atoms with Gasteiger partial charge in [0, 0.05) is 43.9 Å². The van der Waals surface area contributed by atoms with Crippen molar-refractivity contribution in [3.05, 3.63) is 74.8 Å². The molecule has 2 heterocycles. The number of amides is 1. The summed E-state index contributed by atoms with van der Waals surface area (Å²) in [6.07, 6.45) is 0. The van der Waals surface area contributed by atoms with Gasteiger partial charge in [-0.1, -0.05) is 12.1 Å². The van der Waals surface area contributed by atoms with Crippen molar-refractivity contribution in [1.82, 2.24) is 9.80 Å². The van der Waals surface area contributed by atoms with Gasteiger partial charge in [0.15, 0.2) is 0 Å². The van der Waals surface area contributed by atoms with Crippen molar-refractivity contribution in [2.45, 2.75) is 13.0 Å². The Hall–Kier alpha value is -3.76. The number of nitro benzene ring substituents is 1. The van der Waals surface area contributed by atoms with E-state index in [1.807, 2.05) is 0 Å². The fraction of sp³-hybridized carbons (Fsp3) is 0.360. The fourth-order valence-electron chi connectivity index (χ4n) is 4.52. The third-order valence-corrected chi connectivity index (χ3v) is 6.37. The number of nitrogens with zero attached hydrogens (tertiary/aromatic N) is 3. The summed E-state index contributed by atoms with van der Waals surface area (Å²) in [4.78, 5) is 40.7. The maximum absolute atomic E-state index is 13.2. The number of aliphatic hydroxyl groups excluding tert-OH is 1. The first-order chi connectivity index (χ1) is 16.8. The van der Waals surface area contributed by atoms with E-state index in [0.29, 0.717) is 49.7 Å². The number of carbonyl (C=O) groups is 2. The second-order valence-corrected chi connectivity index (χ2v) is 8.48. The highest BCUT2D eigenvalue weighted by atomic mass is 16.6. The topological polar surface area (TPSA) is 122 Å². The van der Waals surface area contributed by atoms with Gasteiger partial charge >= 0.3 is 0 Å². The van der Waals surface area contributed by atoms with Crippen LogP contribution < -0.4 is 4.74 Å². The first-order valence-corrected chi connectivity index (χ1v) is 11.3. The van der Waals surface area contributed by atoms with Crippen LogP contribution in [0.2, 0.25) is 0 Å². The van der Waals surface area contributed by atoms with E-state index in [-0.39, 0.29) is 23.6 Å². The number of rotatable bonds is 7. The molecule has 10 heteroatoms. The van der Waals surface area contributed by atoms with E-state index in [1.54, 1.807) is 31.2 Å². The van der Waals surface area contributed by atoms with Crippen LogP contribution in [0.1, 0.15) is 22.7 Å². The SMILES string of the molecule is COc1ccc(/C(O)=C2\C(=O)C(=O)N(CCN3CCOCC3)[C@@H]2c2cccc([N+](=O)[O-])c2)cc1C. The number of hydrogen-bond acceptors (Lipinski definition) is 8. The molecule has 1 N–H and O–H groups in total. The maximum Gasteiger partial charge on any atom is 0.295 e. The van der Waals surface area contributed by atoms with E-state index in [4.69, 9.17) is 9.47 Å². The van der Waals surface area contributed by atoms with Gasteiger partial charge in [-0.05, 0) is 36.2 Å². The van der Waals surface area contributed by atoms with Crippen molar-refractivity contribution in [1.29, 1.82) is 0 Å². The van der Waals surface area contributed by atoms with E-state index >= 15 is 0 Å². The maximum atomic E-state index is 13.2. The number of morpholine rings is 1. The van der Waals surface area contributed by atoms with Crippen LogP contribution in [-0.2, 0) is 14.3 Å². The molecule has 10 nitrogen and oxygen atoms in total. The number of aliphatic hydroxyl groups is 1. The molecular formula is C25H27N3O7. The van der Waals surface area contributed by atoms with E-state index in [0.717, 1.165) is 5.56 Å². The molecule has 2 saturated heterocycles. The quantitative estimate of drug-likeness (QED) is 0.211. The largest absolute Gasteiger partial charge is 0.507 e. The summed E-state index contributed by atoms with van der Waals surface area (Å²) >= 11 is 0. The van der Waals surface area contributed by atoms with Gasteiger partial charge in [-0.25, -0.2) is 0 Å².